The van der Waals surface area contributed by atoms with Crippen molar-refractivity contribution in [2.75, 3.05) is 11.9 Å². The van der Waals surface area contributed by atoms with Gasteiger partial charge in [0.15, 0.2) is 0 Å². The van der Waals surface area contributed by atoms with Crippen LogP contribution in [-0.4, -0.2) is 29.3 Å². The summed E-state index contributed by atoms with van der Waals surface area (Å²) < 4.78 is 0. The zero-order chi connectivity index (χ0) is 25.4. The number of carbonyl (C=O) groups excluding carboxylic acids is 2. The van der Waals surface area contributed by atoms with Crippen molar-refractivity contribution in [2.24, 2.45) is 11.8 Å². The number of hydrogen-bond acceptors (Lipinski definition) is 3. The Hall–Kier alpha value is -3.31. The van der Waals surface area contributed by atoms with Crippen molar-refractivity contribution in [3.05, 3.63) is 101 Å². The first-order valence-electron chi connectivity index (χ1n) is 13.4. The average molecular weight is 514 g/mol. The molecule has 3 unspecified atom stereocenters. The van der Waals surface area contributed by atoms with Gasteiger partial charge in [0.05, 0.1) is 18.0 Å². The van der Waals surface area contributed by atoms with Gasteiger partial charge in [-0.1, -0.05) is 73.0 Å². The highest BCUT2D eigenvalue weighted by molar-refractivity contribution is 6.30. The molecule has 5 nitrogen and oxygen atoms in total. The van der Waals surface area contributed by atoms with E-state index in [-0.39, 0.29) is 41.8 Å². The van der Waals surface area contributed by atoms with Gasteiger partial charge in [-0.3, -0.25) is 9.59 Å². The largest absolute Gasteiger partial charge is 0.378 e. The standard InChI is InChI=1S/C31H32ClN3O2/c32-22-12-8-11-21(19-22)28-25-17-18-35(29(25)23-13-4-6-15-26(23)33-28)31(37)24-14-5-7-16-27(24)34-30(36)20-9-2-1-3-10-20/h1-4,6,8-13,15,19,24-25,27-29,33H,5,7,14,16-18H2,(H,34,36)/t24-,25?,27+,28?,29?/m0/s1. The Morgan fingerprint density at radius 1 is 0.892 bits per heavy atom. The Morgan fingerprint density at radius 2 is 1.68 bits per heavy atom. The Morgan fingerprint density at radius 3 is 2.51 bits per heavy atom. The number of para-hydroxylation sites is 1. The minimum atomic E-state index is -0.202. The summed E-state index contributed by atoms with van der Waals surface area (Å²) in [6.07, 6.45) is 4.60. The number of halogens is 1. The molecule has 0 bridgehead atoms. The van der Waals surface area contributed by atoms with Crippen LogP contribution in [-0.2, 0) is 4.79 Å². The summed E-state index contributed by atoms with van der Waals surface area (Å²) in [5.41, 5.74) is 4.04. The molecule has 0 aromatic heterocycles. The van der Waals surface area contributed by atoms with Crippen LogP contribution in [0.3, 0.4) is 0 Å². The second-order valence-corrected chi connectivity index (χ2v) is 11.0. The van der Waals surface area contributed by atoms with Crippen molar-refractivity contribution in [3.8, 4) is 0 Å². The molecule has 2 N–H and O–H groups in total. The van der Waals surface area contributed by atoms with E-state index >= 15 is 0 Å². The highest BCUT2D eigenvalue weighted by atomic mass is 35.5. The molecule has 37 heavy (non-hydrogen) atoms. The normalized spacial score (nSPS) is 26.5. The van der Waals surface area contributed by atoms with E-state index in [0.717, 1.165) is 54.9 Å². The Balaban J connectivity index is 1.28. The Kier molecular flexibility index (Phi) is 6.64. The van der Waals surface area contributed by atoms with Gasteiger partial charge in [0, 0.05) is 34.8 Å². The van der Waals surface area contributed by atoms with Crippen molar-refractivity contribution in [1.82, 2.24) is 10.2 Å². The SMILES string of the molecule is O=C(N[C@@H]1CCCC[C@@H]1C(=O)N1CCC2C(c3cccc(Cl)c3)Nc3ccccc3C21)c1ccccc1. The fourth-order valence-electron chi connectivity index (χ4n) is 6.66. The molecule has 0 spiro atoms. The van der Waals surface area contributed by atoms with Crippen LogP contribution in [0.5, 0.6) is 0 Å². The molecule has 2 amide bonds. The molecule has 190 valence electrons. The number of benzene rings is 3. The maximum Gasteiger partial charge on any atom is 0.251 e. The maximum absolute atomic E-state index is 14.2. The highest BCUT2D eigenvalue weighted by Gasteiger charge is 2.48. The first-order chi connectivity index (χ1) is 18.1. The summed E-state index contributed by atoms with van der Waals surface area (Å²) in [5, 5.41) is 7.68. The fourth-order valence-corrected chi connectivity index (χ4v) is 6.85. The second kappa shape index (κ2) is 10.2. The van der Waals surface area contributed by atoms with Gasteiger partial charge in [-0.25, -0.2) is 0 Å². The van der Waals surface area contributed by atoms with Crippen LogP contribution in [0.4, 0.5) is 5.69 Å². The zero-order valence-electron chi connectivity index (χ0n) is 20.8. The van der Waals surface area contributed by atoms with E-state index in [1.807, 2.05) is 54.6 Å². The van der Waals surface area contributed by atoms with Gasteiger partial charge in [-0.2, -0.15) is 0 Å². The molecular weight excluding hydrogens is 482 g/mol. The van der Waals surface area contributed by atoms with Crippen LogP contribution < -0.4 is 10.6 Å². The summed E-state index contributed by atoms with van der Waals surface area (Å²) in [5.74, 6) is 0.120. The molecule has 2 fully saturated rings. The number of nitrogens with zero attached hydrogens (tertiary/aromatic N) is 1. The lowest BCUT2D eigenvalue weighted by Crippen LogP contribution is -2.50. The lowest BCUT2D eigenvalue weighted by atomic mass is 9.79. The summed E-state index contributed by atoms with van der Waals surface area (Å²) >= 11 is 6.36. The first-order valence-corrected chi connectivity index (χ1v) is 13.8. The van der Waals surface area contributed by atoms with E-state index in [2.05, 4.69) is 39.8 Å². The molecule has 3 aromatic carbocycles. The molecular formula is C31H32ClN3O2. The lowest BCUT2D eigenvalue weighted by molar-refractivity contribution is -0.138. The molecule has 2 heterocycles. The Bertz CT molecular complexity index is 1300. The second-order valence-electron chi connectivity index (χ2n) is 10.5. The number of rotatable bonds is 4. The molecule has 2 aliphatic heterocycles. The fraction of sp³-hybridized carbons (Fsp3) is 0.355. The monoisotopic (exact) mass is 513 g/mol. The third-order valence-electron chi connectivity index (χ3n) is 8.39. The van der Waals surface area contributed by atoms with Crippen LogP contribution in [0, 0.1) is 11.8 Å². The number of hydrogen-bond donors (Lipinski definition) is 2. The van der Waals surface area contributed by atoms with Crippen molar-refractivity contribution < 1.29 is 9.59 Å². The summed E-state index contributed by atoms with van der Waals surface area (Å²) in [6, 6.07) is 25.6. The number of carbonyl (C=O) groups is 2. The van der Waals surface area contributed by atoms with Gasteiger partial charge in [-0.15, -0.1) is 0 Å². The van der Waals surface area contributed by atoms with Crippen LogP contribution in [0.1, 0.15) is 65.7 Å². The van der Waals surface area contributed by atoms with Crippen LogP contribution in [0.2, 0.25) is 5.02 Å². The van der Waals surface area contributed by atoms with Gasteiger partial charge in [0.1, 0.15) is 0 Å². The molecule has 5 atom stereocenters. The third-order valence-corrected chi connectivity index (χ3v) is 8.62. The van der Waals surface area contributed by atoms with E-state index in [1.54, 1.807) is 0 Å². The van der Waals surface area contributed by atoms with Gasteiger partial charge < -0.3 is 15.5 Å². The number of amides is 2. The number of likely N-dealkylation sites (tertiary alicyclic amines) is 1. The summed E-state index contributed by atoms with van der Waals surface area (Å²) in [7, 11) is 0. The van der Waals surface area contributed by atoms with Crippen molar-refractivity contribution >= 4 is 29.1 Å². The average Bonchev–Trinajstić information content (AvgIpc) is 3.39. The van der Waals surface area contributed by atoms with Crippen molar-refractivity contribution in [2.45, 2.75) is 50.2 Å². The Labute approximate surface area is 223 Å². The van der Waals surface area contributed by atoms with Crippen molar-refractivity contribution in [3.63, 3.8) is 0 Å². The smallest absolute Gasteiger partial charge is 0.251 e. The topological polar surface area (TPSA) is 61.4 Å². The van der Waals surface area contributed by atoms with E-state index in [1.165, 1.54) is 5.56 Å². The highest BCUT2D eigenvalue weighted by Crippen LogP contribution is 2.52. The minimum Gasteiger partial charge on any atom is -0.378 e. The quantitative estimate of drug-likeness (QED) is 0.425. The van der Waals surface area contributed by atoms with E-state index in [9.17, 15) is 9.59 Å². The van der Waals surface area contributed by atoms with Crippen LogP contribution in [0.15, 0.2) is 78.9 Å². The molecule has 1 saturated carbocycles. The molecule has 6 heteroatoms. The number of nitrogens with one attached hydrogen (secondary N) is 2. The van der Waals surface area contributed by atoms with Gasteiger partial charge >= 0.3 is 0 Å². The maximum atomic E-state index is 14.2. The molecule has 6 rings (SSSR count). The first kappa shape index (κ1) is 24.1. The molecule has 3 aromatic rings. The van der Waals surface area contributed by atoms with Gasteiger partial charge in [-0.05, 0) is 60.7 Å². The number of fused-ring (bicyclic) bond motifs is 3. The van der Waals surface area contributed by atoms with Gasteiger partial charge in [0.2, 0.25) is 5.91 Å². The van der Waals surface area contributed by atoms with E-state index in [0.29, 0.717) is 5.56 Å². The van der Waals surface area contributed by atoms with Crippen molar-refractivity contribution in [1.29, 1.82) is 0 Å². The molecule has 3 aliphatic rings. The molecule has 1 aliphatic carbocycles. The lowest BCUT2D eigenvalue weighted by Gasteiger charge is -2.42. The minimum absolute atomic E-state index is 0.00123. The van der Waals surface area contributed by atoms with Crippen LogP contribution >= 0.6 is 11.6 Å². The predicted molar refractivity (Wildman–Crippen MR) is 146 cm³/mol. The summed E-state index contributed by atoms with van der Waals surface area (Å²) in [4.78, 5) is 29.3. The zero-order valence-corrected chi connectivity index (χ0v) is 21.5. The third kappa shape index (κ3) is 4.61. The predicted octanol–water partition coefficient (Wildman–Crippen LogP) is 6.39. The van der Waals surface area contributed by atoms with E-state index in [4.69, 9.17) is 11.6 Å². The van der Waals surface area contributed by atoms with Gasteiger partial charge in [0.25, 0.3) is 5.91 Å². The molecule has 1 saturated heterocycles. The summed E-state index contributed by atoms with van der Waals surface area (Å²) in [6.45, 7) is 0.719. The molecule has 0 radical (unpaired) electrons. The van der Waals surface area contributed by atoms with E-state index < -0.39 is 0 Å². The number of anilines is 1. The van der Waals surface area contributed by atoms with Crippen LogP contribution in [0.25, 0.3) is 0 Å².